The Bertz CT molecular complexity index is 482. The fraction of sp³-hybridized carbons (Fsp3) is 0.588. The molecule has 22 heavy (non-hydrogen) atoms. The third-order valence-electron chi connectivity index (χ3n) is 4.37. The fourth-order valence-electron chi connectivity index (χ4n) is 3.02. The Morgan fingerprint density at radius 2 is 1.91 bits per heavy atom. The maximum Gasteiger partial charge on any atom is 0.193 e. The summed E-state index contributed by atoms with van der Waals surface area (Å²) in [7, 11) is 0. The van der Waals surface area contributed by atoms with Crippen LogP contribution >= 0.6 is 24.0 Å². The molecule has 0 saturated heterocycles. The number of guanidine groups is 1. The molecular formula is C17H28IN3O. The molecule has 0 aliphatic heterocycles. The number of nitrogens with one attached hydrogen (secondary N) is 1. The number of aliphatic hydroxyl groups excluding tert-OH is 1. The highest BCUT2D eigenvalue weighted by Gasteiger charge is 2.24. The quantitative estimate of drug-likeness (QED) is 0.391. The lowest BCUT2D eigenvalue weighted by Gasteiger charge is -2.16. The van der Waals surface area contributed by atoms with Crippen molar-refractivity contribution in [1.82, 2.24) is 0 Å². The summed E-state index contributed by atoms with van der Waals surface area (Å²) in [6.07, 6.45) is 4.74. The van der Waals surface area contributed by atoms with Gasteiger partial charge in [0.2, 0.25) is 0 Å². The van der Waals surface area contributed by atoms with Crippen molar-refractivity contribution in [1.29, 1.82) is 0 Å². The Hall–Kier alpha value is -0.820. The summed E-state index contributed by atoms with van der Waals surface area (Å²) in [5.41, 5.74) is 9.64. The van der Waals surface area contributed by atoms with E-state index in [4.69, 9.17) is 5.73 Å². The molecule has 0 heterocycles. The van der Waals surface area contributed by atoms with Gasteiger partial charge in [0.05, 0.1) is 6.10 Å². The van der Waals surface area contributed by atoms with Crippen LogP contribution in [-0.4, -0.2) is 23.7 Å². The van der Waals surface area contributed by atoms with E-state index >= 15 is 0 Å². The second-order valence-electron chi connectivity index (χ2n) is 5.77. The fourth-order valence-corrected chi connectivity index (χ4v) is 3.02. The number of anilines is 1. The molecule has 0 amide bonds. The minimum Gasteiger partial charge on any atom is -0.393 e. The molecule has 4 N–H and O–H groups in total. The molecule has 1 aromatic rings. The summed E-state index contributed by atoms with van der Waals surface area (Å²) in [5, 5.41) is 13.1. The third-order valence-corrected chi connectivity index (χ3v) is 4.37. The van der Waals surface area contributed by atoms with Gasteiger partial charge in [0, 0.05) is 18.2 Å². The predicted molar refractivity (Wildman–Crippen MR) is 104 cm³/mol. The number of aliphatic imine (C=N–C) groups is 1. The normalized spacial score (nSPS) is 21.5. The molecule has 0 aromatic heterocycles. The lowest BCUT2D eigenvalue weighted by molar-refractivity contribution is 0.137. The maximum atomic E-state index is 9.83. The van der Waals surface area contributed by atoms with Gasteiger partial charge in [-0.15, -0.1) is 24.0 Å². The van der Waals surface area contributed by atoms with Gasteiger partial charge in [0.15, 0.2) is 5.96 Å². The number of halogens is 1. The second-order valence-corrected chi connectivity index (χ2v) is 5.77. The summed E-state index contributed by atoms with van der Waals surface area (Å²) < 4.78 is 0. The van der Waals surface area contributed by atoms with E-state index in [9.17, 15) is 5.11 Å². The van der Waals surface area contributed by atoms with Crippen molar-refractivity contribution in [2.24, 2.45) is 16.6 Å². The number of aliphatic hydroxyl groups is 1. The van der Waals surface area contributed by atoms with Gasteiger partial charge in [0.1, 0.15) is 0 Å². The van der Waals surface area contributed by atoms with Crippen molar-refractivity contribution >= 4 is 35.6 Å². The average Bonchev–Trinajstić information content (AvgIpc) is 2.90. The van der Waals surface area contributed by atoms with Crippen LogP contribution in [0.4, 0.5) is 5.69 Å². The lowest BCUT2D eigenvalue weighted by Crippen LogP contribution is -2.26. The standard InChI is InChI=1S/C17H27N3O.HI/c1-3-12-7-5-8-13(4-2)16(12)20-17(18)19-11-14-9-6-10-15(14)21;/h5,7-8,14-15,21H,3-4,6,9-11H2,1-2H3,(H3,18,19,20);1H. The Morgan fingerprint density at radius 1 is 1.27 bits per heavy atom. The minimum absolute atomic E-state index is 0. The maximum absolute atomic E-state index is 9.83. The lowest BCUT2D eigenvalue weighted by atomic mass is 10.0. The van der Waals surface area contributed by atoms with Crippen LogP contribution in [0.3, 0.4) is 0 Å². The number of nitrogens with two attached hydrogens (primary N) is 1. The molecule has 1 aromatic carbocycles. The van der Waals surface area contributed by atoms with Crippen LogP contribution in [0.25, 0.3) is 0 Å². The first kappa shape index (κ1) is 19.2. The molecule has 0 spiro atoms. The molecule has 1 aliphatic carbocycles. The second kappa shape index (κ2) is 9.35. The van der Waals surface area contributed by atoms with E-state index in [0.29, 0.717) is 12.5 Å². The smallest absolute Gasteiger partial charge is 0.193 e. The molecule has 4 nitrogen and oxygen atoms in total. The monoisotopic (exact) mass is 417 g/mol. The summed E-state index contributed by atoms with van der Waals surface area (Å²) in [4.78, 5) is 4.43. The van der Waals surface area contributed by atoms with E-state index < -0.39 is 0 Å². The Kier molecular flexibility index (Phi) is 8.17. The highest BCUT2D eigenvalue weighted by Crippen LogP contribution is 2.26. The molecule has 2 rings (SSSR count). The number of rotatable bonds is 5. The van der Waals surface area contributed by atoms with Gasteiger partial charge in [-0.3, -0.25) is 4.99 Å². The number of hydrogen-bond donors (Lipinski definition) is 3. The van der Waals surface area contributed by atoms with Crippen molar-refractivity contribution in [3.8, 4) is 0 Å². The zero-order chi connectivity index (χ0) is 15.2. The molecule has 124 valence electrons. The number of aryl methyl sites for hydroxylation is 2. The average molecular weight is 417 g/mol. The zero-order valence-electron chi connectivity index (χ0n) is 13.5. The molecule has 5 heteroatoms. The number of para-hydroxylation sites is 1. The van der Waals surface area contributed by atoms with Crippen molar-refractivity contribution in [2.45, 2.75) is 52.1 Å². The SMILES string of the molecule is CCc1cccc(CC)c1NC(N)=NCC1CCCC1O.I. The first-order valence-electron chi connectivity index (χ1n) is 8.01. The van der Waals surface area contributed by atoms with Crippen LogP contribution < -0.4 is 11.1 Å². The van der Waals surface area contributed by atoms with Crippen LogP contribution in [-0.2, 0) is 12.8 Å². The van der Waals surface area contributed by atoms with Crippen LogP contribution in [0.2, 0.25) is 0 Å². The van der Waals surface area contributed by atoms with Gasteiger partial charge in [-0.1, -0.05) is 38.5 Å². The molecule has 1 saturated carbocycles. The van der Waals surface area contributed by atoms with E-state index in [1.54, 1.807) is 0 Å². The van der Waals surface area contributed by atoms with Gasteiger partial charge >= 0.3 is 0 Å². The predicted octanol–water partition coefficient (Wildman–Crippen LogP) is 3.32. The topological polar surface area (TPSA) is 70.6 Å². The third kappa shape index (κ3) is 4.84. The largest absolute Gasteiger partial charge is 0.393 e. The van der Waals surface area contributed by atoms with Gasteiger partial charge in [-0.05, 0) is 36.8 Å². The summed E-state index contributed by atoms with van der Waals surface area (Å²) in [6, 6.07) is 6.33. The van der Waals surface area contributed by atoms with Gasteiger partial charge in [0.25, 0.3) is 0 Å². The van der Waals surface area contributed by atoms with E-state index in [0.717, 1.165) is 37.8 Å². The van der Waals surface area contributed by atoms with Crippen LogP contribution in [0, 0.1) is 5.92 Å². The van der Waals surface area contributed by atoms with E-state index in [1.165, 1.54) is 11.1 Å². The van der Waals surface area contributed by atoms with Crippen molar-refractivity contribution in [2.75, 3.05) is 11.9 Å². The Balaban J connectivity index is 0.00000242. The molecule has 0 radical (unpaired) electrons. The van der Waals surface area contributed by atoms with Crippen LogP contribution in [0.1, 0.15) is 44.2 Å². The summed E-state index contributed by atoms with van der Waals surface area (Å²) in [6.45, 7) is 4.89. The molecule has 2 unspecified atom stereocenters. The Labute approximate surface area is 150 Å². The number of benzene rings is 1. The molecule has 2 atom stereocenters. The summed E-state index contributed by atoms with van der Waals surface area (Å²) in [5.74, 6) is 0.710. The molecule has 1 fully saturated rings. The van der Waals surface area contributed by atoms with Crippen molar-refractivity contribution < 1.29 is 5.11 Å². The Morgan fingerprint density at radius 3 is 2.41 bits per heavy atom. The van der Waals surface area contributed by atoms with E-state index in [2.05, 4.69) is 42.4 Å². The number of hydrogen-bond acceptors (Lipinski definition) is 2. The van der Waals surface area contributed by atoms with Crippen LogP contribution in [0.5, 0.6) is 0 Å². The van der Waals surface area contributed by atoms with Gasteiger partial charge in [-0.25, -0.2) is 0 Å². The summed E-state index contributed by atoms with van der Waals surface area (Å²) >= 11 is 0. The van der Waals surface area contributed by atoms with E-state index in [-0.39, 0.29) is 36.0 Å². The molecule has 1 aliphatic rings. The first-order valence-corrected chi connectivity index (χ1v) is 8.01. The van der Waals surface area contributed by atoms with Gasteiger partial charge in [-0.2, -0.15) is 0 Å². The first-order chi connectivity index (χ1) is 10.2. The van der Waals surface area contributed by atoms with Crippen LogP contribution in [0.15, 0.2) is 23.2 Å². The highest BCUT2D eigenvalue weighted by molar-refractivity contribution is 14.0. The zero-order valence-corrected chi connectivity index (χ0v) is 15.8. The minimum atomic E-state index is -0.212. The molecule has 0 bridgehead atoms. The van der Waals surface area contributed by atoms with Gasteiger partial charge < -0.3 is 16.2 Å². The highest BCUT2D eigenvalue weighted by atomic mass is 127. The van der Waals surface area contributed by atoms with Crippen molar-refractivity contribution in [3.63, 3.8) is 0 Å². The number of nitrogens with zero attached hydrogens (tertiary/aromatic N) is 1. The molecular weight excluding hydrogens is 389 g/mol. The van der Waals surface area contributed by atoms with E-state index in [1.807, 2.05) is 0 Å². The van der Waals surface area contributed by atoms with Crippen molar-refractivity contribution in [3.05, 3.63) is 29.3 Å².